The molecule has 0 saturated carbocycles. The summed E-state index contributed by atoms with van der Waals surface area (Å²) in [6.45, 7) is 0.209. The third-order valence-corrected chi connectivity index (χ3v) is 2.58. The van der Waals surface area contributed by atoms with Crippen LogP contribution in [0.4, 0.5) is 4.79 Å². The van der Waals surface area contributed by atoms with Gasteiger partial charge in [0.1, 0.15) is 5.70 Å². The largest absolute Gasteiger partial charge is 0.477 e. The van der Waals surface area contributed by atoms with Gasteiger partial charge in [-0.25, -0.2) is 9.59 Å². The maximum atomic E-state index is 11.5. The van der Waals surface area contributed by atoms with E-state index >= 15 is 0 Å². The van der Waals surface area contributed by atoms with Crippen molar-refractivity contribution in [2.24, 2.45) is 0 Å². The number of carboxylic acids is 1. The molecular formula is C12H11NO4. The molecule has 5 nitrogen and oxygen atoms in total. The van der Waals surface area contributed by atoms with E-state index in [0.29, 0.717) is 0 Å². The summed E-state index contributed by atoms with van der Waals surface area (Å²) in [6, 6.07) is 7.32. The molecule has 1 amide bonds. The molecule has 17 heavy (non-hydrogen) atoms. The highest BCUT2D eigenvalue weighted by molar-refractivity contribution is 5.96. The summed E-state index contributed by atoms with van der Waals surface area (Å²) in [5.74, 6) is -1.15. The van der Waals surface area contributed by atoms with Gasteiger partial charge in [-0.2, -0.15) is 0 Å². The fourth-order valence-corrected chi connectivity index (χ4v) is 1.75. The monoisotopic (exact) mass is 233 g/mol. The van der Waals surface area contributed by atoms with Crippen LogP contribution < -0.4 is 0 Å². The van der Waals surface area contributed by atoms with E-state index in [1.165, 1.54) is 13.2 Å². The third-order valence-electron chi connectivity index (χ3n) is 2.58. The van der Waals surface area contributed by atoms with E-state index < -0.39 is 12.1 Å². The quantitative estimate of drug-likeness (QED) is 0.801. The molecule has 1 aromatic carbocycles. The topological polar surface area (TPSA) is 66.8 Å². The van der Waals surface area contributed by atoms with E-state index in [1.54, 1.807) is 0 Å². The lowest BCUT2D eigenvalue weighted by molar-refractivity contribution is -0.134. The molecule has 5 heteroatoms. The molecule has 1 aromatic rings. The summed E-state index contributed by atoms with van der Waals surface area (Å²) in [6.07, 6.45) is 0.797. The van der Waals surface area contributed by atoms with E-state index in [1.807, 2.05) is 24.3 Å². The Kier molecular flexibility index (Phi) is 2.82. The maximum Gasteiger partial charge on any atom is 0.414 e. The first-order chi connectivity index (χ1) is 8.13. The number of fused-ring (bicyclic) bond motifs is 1. The van der Waals surface area contributed by atoms with E-state index in [-0.39, 0.29) is 12.2 Å². The van der Waals surface area contributed by atoms with Crippen LogP contribution >= 0.6 is 0 Å². The molecule has 0 spiro atoms. The van der Waals surface area contributed by atoms with Crippen molar-refractivity contribution in [1.82, 2.24) is 4.90 Å². The van der Waals surface area contributed by atoms with E-state index in [9.17, 15) is 9.59 Å². The molecule has 0 atom stereocenters. The van der Waals surface area contributed by atoms with Crippen molar-refractivity contribution >= 4 is 18.1 Å². The van der Waals surface area contributed by atoms with Crippen LogP contribution in [0, 0.1) is 0 Å². The number of carboxylic acid groups (broad SMARTS) is 1. The fraction of sp³-hybridized carbons (Fsp3) is 0.167. The zero-order valence-electron chi connectivity index (χ0n) is 9.21. The normalized spacial score (nSPS) is 13.7. The minimum atomic E-state index is -1.15. The molecule has 0 aromatic heterocycles. The molecule has 1 N–H and O–H groups in total. The maximum absolute atomic E-state index is 11.5. The molecule has 1 aliphatic rings. The zero-order valence-corrected chi connectivity index (χ0v) is 9.21. The number of carbonyl (C=O) groups excluding carboxylic acids is 1. The van der Waals surface area contributed by atoms with Gasteiger partial charge in [-0.15, -0.1) is 0 Å². The summed E-state index contributed by atoms with van der Waals surface area (Å²) >= 11 is 0. The summed E-state index contributed by atoms with van der Waals surface area (Å²) in [7, 11) is 1.22. The molecule has 0 aliphatic carbocycles. The smallest absolute Gasteiger partial charge is 0.414 e. The Hall–Kier alpha value is -2.30. The summed E-state index contributed by atoms with van der Waals surface area (Å²) in [5.41, 5.74) is 1.63. The molecule has 1 aliphatic heterocycles. The highest BCUT2D eigenvalue weighted by Gasteiger charge is 2.28. The summed E-state index contributed by atoms with van der Waals surface area (Å²) in [4.78, 5) is 23.7. The van der Waals surface area contributed by atoms with Crippen molar-refractivity contribution in [3.8, 4) is 0 Å². The van der Waals surface area contributed by atoms with Gasteiger partial charge in [0, 0.05) is 0 Å². The number of nitrogens with zero attached hydrogens (tertiary/aromatic N) is 1. The molecule has 2 rings (SSSR count). The molecule has 0 saturated heterocycles. The van der Waals surface area contributed by atoms with E-state index in [4.69, 9.17) is 5.11 Å². The first-order valence-electron chi connectivity index (χ1n) is 5.02. The van der Waals surface area contributed by atoms with Gasteiger partial charge in [0.25, 0.3) is 0 Å². The number of ether oxygens (including phenoxy) is 1. The van der Waals surface area contributed by atoms with Crippen molar-refractivity contribution in [3.05, 3.63) is 41.1 Å². The second kappa shape index (κ2) is 4.29. The average Bonchev–Trinajstić information content (AvgIpc) is 2.36. The first-order valence-corrected chi connectivity index (χ1v) is 5.02. The molecule has 88 valence electrons. The Balaban J connectivity index is 2.47. The van der Waals surface area contributed by atoms with Crippen LogP contribution in [0.15, 0.2) is 30.0 Å². The first kappa shape index (κ1) is 11.2. The molecule has 0 fully saturated rings. The van der Waals surface area contributed by atoms with Crippen LogP contribution in [0.25, 0.3) is 6.08 Å². The highest BCUT2D eigenvalue weighted by Crippen LogP contribution is 2.25. The van der Waals surface area contributed by atoms with Crippen molar-refractivity contribution in [2.45, 2.75) is 6.54 Å². The van der Waals surface area contributed by atoms with Gasteiger partial charge >= 0.3 is 12.1 Å². The summed E-state index contributed by atoms with van der Waals surface area (Å²) < 4.78 is 4.57. The Morgan fingerprint density at radius 1 is 1.35 bits per heavy atom. The average molecular weight is 233 g/mol. The third kappa shape index (κ3) is 1.99. The Morgan fingerprint density at radius 2 is 2.06 bits per heavy atom. The lowest BCUT2D eigenvalue weighted by Gasteiger charge is -2.26. The molecule has 0 unspecified atom stereocenters. The van der Waals surface area contributed by atoms with Gasteiger partial charge in [-0.05, 0) is 17.2 Å². The van der Waals surface area contributed by atoms with Crippen LogP contribution in [0.5, 0.6) is 0 Å². The molecule has 0 bridgehead atoms. The SMILES string of the molecule is COC(=O)N1Cc2ccccc2C=C1C(=O)O. The zero-order chi connectivity index (χ0) is 12.4. The van der Waals surface area contributed by atoms with Gasteiger partial charge in [0.05, 0.1) is 13.7 Å². The molecule has 1 heterocycles. The Bertz CT molecular complexity index is 507. The predicted octanol–water partition coefficient (Wildman–Crippen LogP) is 1.69. The standard InChI is InChI=1S/C12H11NO4/c1-17-12(16)13-7-9-5-3-2-4-8(9)6-10(13)11(14)15/h2-6H,7H2,1H3,(H,14,15). The van der Waals surface area contributed by atoms with Gasteiger partial charge in [-0.3, -0.25) is 4.90 Å². The van der Waals surface area contributed by atoms with Gasteiger partial charge < -0.3 is 9.84 Å². The predicted molar refractivity (Wildman–Crippen MR) is 60.0 cm³/mol. The second-order valence-electron chi connectivity index (χ2n) is 3.59. The number of carbonyl (C=O) groups is 2. The Morgan fingerprint density at radius 3 is 2.71 bits per heavy atom. The number of methoxy groups -OCH3 is 1. The molecular weight excluding hydrogens is 222 g/mol. The second-order valence-corrected chi connectivity index (χ2v) is 3.59. The number of rotatable bonds is 1. The lowest BCUT2D eigenvalue weighted by atomic mass is 10.0. The highest BCUT2D eigenvalue weighted by atomic mass is 16.5. The minimum Gasteiger partial charge on any atom is -0.477 e. The molecule has 0 radical (unpaired) electrons. The number of aliphatic carboxylic acids is 1. The van der Waals surface area contributed by atoms with Crippen molar-refractivity contribution in [2.75, 3.05) is 7.11 Å². The minimum absolute atomic E-state index is 0.0736. The van der Waals surface area contributed by atoms with Gasteiger partial charge in [0.15, 0.2) is 0 Å². The van der Waals surface area contributed by atoms with Crippen LogP contribution in [0.3, 0.4) is 0 Å². The summed E-state index contributed by atoms with van der Waals surface area (Å²) in [5, 5.41) is 9.06. The van der Waals surface area contributed by atoms with Crippen molar-refractivity contribution < 1.29 is 19.4 Å². The van der Waals surface area contributed by atoms with Crippen LogP contribution in [-0.4, -0.2) is 29.2 Å². The number of hydrogen-bond donors (Lipinski definition) is 1. The number of benzene rings is 1. The number of amides is 1. The van der Waals surface area contributed by atoms with Gasteiger partial charge in [0.2, 0.25) is 0 Å². The van der Waals surface area contributed by atoms with Crippen molar-refractivity contribution in [3.63, 3.8) is 0 Å². The number of hydrogen-bond acceptors (Lipinski definition) is 3. The van der Waals surface area contributed by atoms with E-state index in [2.05, 4.69) is 4.74 Å². The lowest BCUT2D eigenvalue weighted by Crippen LogP contribution is -2.35. The fourth-order valence-electron chi connectivity index (χ4n) is 1.75. The van der Waals surface area contributed by atoms with Crippen molar-refractivity contribution in [1.29, 1.82) is 0 Å². The van der Waals surface area contributed by atoms with Crippen LogP contribution in [0.1, 0.15) is 11.1 Å². The Labute approximate surface area is 97.9 Å². The van der Waals surface area contributed by atoms with Gasteiger partial charge in [-0.1, -0.05) is 24.3 Å². The van der Waals surface area contributed by atoms with Crippen LogP contribution in [0.2, 0.25) is 0 Å². The van der Waals surface area contributed by atoms with Crippen LogP contribution in [-0.2, 0) is 16.1 Å². The van der Waals surface area contributed by atoms with E-state index in [0.717, 1.165) is 16.0 Å².